The van der Waals surface area contributed by atoms with E-state index < -0.39 is 5.97 Å². The summed E-state index contributed by atoms with van der Waals surface area (Å²) in [6.45, 7) is 2.31. The smallest absolute Gasteiger partial charge is 0.341 e. The van der Waals surface area contributed by atoms with Crippen molar-refractivity contribution in [2.24, 2.45) is 0 Å². The lowest BCUT2D eigenvalue weighted by Gasteiger charge is -2.22. The second kappa shape index (κ2) is 10.2. The zero-order valence-electron chi connectivity index (χ0n) is 15.9. The highest BCUT2D eigenvalue weighted by Gasteiger charge is 2.23. The Kier molecular flexibility index (Phi) is 7.65. The standard InChI is InChI=1S/C21H25BrN2O3S/c1-2-27-21(26)19-17(14-8-10-15(22)11-9-14)13-28-20(19)24-18(25)12-23-16-6-4-3-5-7-16/h8-11,13,16,23H,2-7,12H2,1H3,(H,24,25). The van der Waals surface area contributed by atoms with Gasteiger partial charge in [0, 0.05) is 21.5 Å². The Morgan fingerprint density at radius 1 is 1.18 bits per heavy atom. The van der Waals surface area contributed by atoms with Gasteiger partial charge in [0.15, 0.2) is 0 Å². The summed E-state index contributed by atoms with van der Waals surface area (Å²) in [6, 6.07) is 8.13. The monoisotopic (exact) mass is 464 g/mol. The number of ether oxygens (including phenoxy) is 1. The first-order chi connectivity index (χ1) is 13.6. The van der Waals surface area contributed by atoms with Crippen LogP contribution < -0.4 is 10.6 Å². The zero-order valence-corrected chi connectivity index (χ0v) is 18.3. The van der Waals surface area contributed by atoms with Crippen molar-refractivity contribution in [3.05, 3.63) is 39.7 Å². The minimum Gasteiger partial charge on any atom is -0.462 e. The molecule has 0 atom stereocenters. The summed E-state index contributed by atoms with van der Waals surface area (Å²) in [5.41, 5.74) is 2.09. The van der Waals surface area contributed by atoms with E-state index >= 15 is 0 Å². The van der Waals surface area contributed by atoms with Crippen molar-refractivity contribution in [3.63, 3.8) is 0 Å². The molecular formula is C21H25BrN2O3S. The second-order valence-electron chi connectivity index (χ2n) is 6.84. The van der Waals surface area contributed by atoms with Gasteiger partial charge in [-0.25, -0.2) is 4.79 Å². The van der Waals surface area contributed by atoms with E-state index in [0.717, 1.165) is 28.4 Å². The van der Waals surface area contributed by atoms with Crippen LogP contribution in [-0.4, -0.2) is 31.1 Å². The summed E-state index contributed by atoms with van der Waals surface area (Å²) in [7, 11) is 0. The lowest BCUT2D eigenvalue weighted by atomic mass is 9.95. The van der Waals surface area contributed by atoms with E-state index in [1.807, 2.05) is 29.6 Å². The lowest BCUT2D eigenvalue weighted by Crippen LogP contribution is -2.37. The first kappa shape index (κ1) is 21.0. The number of thiophene rings is 1. The molecular weight excluding hydrogens is 440 g/mol. The van der Waals surface area contributed by atoms with Crippen molar-refractivity contribution < 1.29 is 14.3 Å². The number of amides is 1. The fraction of sp³-hybridized carbons (Fsp3) is 0.429. The molecule has 1 amide bonds. The molecule has 150 valence electrons. The highest BCUT2D eigenvalue weighted by molar-refractivity contribution is 9.10. The van der Waals surface area contributed by atoms with Crippen LogP contribution in [0.4, 0.5) is 5.00 Å². The van der Waals surface area contributed by atoms with Gasteiger partial charge in [0.05, 0.1) is 13.2 Å². The minimum absolute atomic E-state index is 0.139. The van der Waals surface area contributed by atoms with Crippen molar-refractivity contribution >= 4 is 44.1 Å². The number of carbonyl (C=O) groups is 2. The van der Waals surface area contributed by atoms with Crippen LogP contribution in [0.2, 0.25) is 0 Å². The summed E-state index contributed by atoms with van der Waals surface area (Å²) >= 11 is 4.77. The van der Waals surface area contributed by atoms with Crippen molar-refractivity contribution in [3.8, 4) is 11.1 Å². The van der Waals surface area contributed by atoms with Crippen LogP contribution in [-0.2, 0) is 9.53 Å². The molecule has 5 nitrogen and oxygen atoms in total. The van der Waals surface area contributed by atoms with Crippen LogP contribution in [0.25, 0.3) is 11.1 Å². The molecule has 3 rings (SSSR count). The third-order valence-corrected chi connectivity index (χ3v) is 6.26. The number of rotatable bonds is 7. The van der Waals surface area contributed by atoms with E-state index in [-0.39, 0.29) is 19.1 Å². The predicted molar refractivity (Wildman–Crippen MR) is 117 cm³/mol. The van der Waals surface area contributed by atoms with E-state index in [0.29, 0.717) is 16.6 Å². The summed E-state index contributed by atoms with van der Waals surface area (Å²) in [5.74, 6) is -0.558. The van der Waals surface area contributed by atoms with Gasteiger partial charge >= 0.3 is 5.97 Å². The first-order valence-electron chi connectivity index (χ1n) is 9.66. The SMILES string of the molecule is CCOC(=O)c1c(-c2ccc(Br)cc2)csc1NC(=O)CNC1CCCCC1. The average molecular weight is 465 g/mol. The predicted octanol–water partition coefficient (Wildman–Crippen LogP) is 5.22. The average Bonchev–Trinajstić information content (AvgIpc) is 3.11. The van der Waals surface area contributed by atoms with Crippen LogP contribution in [0.3, 0.4) is 0 Å². The molecule has 1 aliphatic rings. The Labute approximate surface area is 178 Å². The van der Waals surface area contributed by atoms with Gasteiger partial charge in [0.25, 0.3) is 0 Å². The zero-order chi connectivity index (χ0) is 19.9. The van der Waals surface area contributed by atoms with Crippen LogP contribution in [0, 0.1) is 0 Å². The van der Waals surface area contributed by atoms with E-state index in [9.17, 15) is 9.59 Å². The Morgan fingerprint density at radius 2 is 1.89 bits per heavy atom. The van der Waals surface area contributed by atoms with Gasteiger partial charge in [-0.1, -0.05) is 47.3 Å². The number of nitrogens with one attached hydrogen (secondary N) is 2. The molecule has 1 saturated carbocycles. The maximum absolute atomic E-state index is 12.6. The Morgan fingerprint density at radius 3 is 2.57 bits per heavy atom. The molecule has 1 fully saturated rings. The molecule has 0 bridgehead atoms. The fourth-order valence-electron chi connectivity index (χ4n) is 3.41. The lowest BCUT2D eigenvalue weighted by molar-refractivity contribution is -0.115. The highest BCUT2D eigenvalue weighted by Crippen LogP contribution is 2.36. The molecule has 1 aromatic heterocycles. The summed E-state index contributed by atoms with van der Waals surface area (Å²) in [6.07, 6.45) is 5.95. The third kappa shape index (κ3) is 5.43. The van der Waals surface area contributed by atoms with Crippen LogP contribution in [0.15, 0.2) is 34.1 Å². The first-order valence-corrected chi connectivity index (χ1v) is 11.3. The topological polar surface area (TPSA) is 67.4 Å². The molecule has 0 unspecified atom stereocenters. The fourth-order valence-corrected chi connectivity index (χ4v) is 4.65. The number of hydrogen-bond donors (Lipinski definition) is 2. The largest absolute Gasteiger partial charge is 0.462 e. The summed E-state index contributed by atoms with van der Waals surface area (Å²) in [4.78, 5) is 25.0. The van der Waals surface area contributed by atoms with Crippen LogP contribution in [0.5, 0.6) is 0 Å². The number of hydrogen-bond acceptors (Lipinski definition) is 5. The maximum atomic E-state index is 12.6. The molecule has 1 aliphatic carbocycles. The number of halogens is 1. The third-order valence-electron chi connectivity index (χ3n) is 4.84. The van der Waals surface area contributed by atoms with E-state index in [1.165, 1.54) is 30.6 Å². The molecule has 0 saturated heterocycles. The molecule has 2 N–H and O–H groups in total. The van der Waals surface area contributed by atoms with E-state index in [1.54, 1.807) is 6.92 Å². The van der Waals surface area contributed by atoms with Crippen molar-refractivity contribution in [1.29, 1.82) is 0 Å². The molecule has 0 aliphatic heterocycles. The summed E-state index contributed by atoms with van der Waals surface area (Å²) < 4.78 is 6.21. The van der Waals surface area contributed by atoms with E-state index in [4.69, 9.17) is 4.74 Å². The normalized spacial score (nSPS) is 14.6. The number of carbonyl (C=O) groups excluding carboxylic acids is 2. The quantitative estimate of drug-likeness (QED) is 0.551. The Balaban J connectivity index is 1.75. The van der Waals surface area contributed by atoms with Gasteiger partial charge in [-0.15, -0.1) is 11.3 Å². The number of anilines is 1. The molecule has 28 heavy (non-hydrogen) atoms. The second-order valence-corrected chi connectivity index (χ2v) is 8.64. The molecule has 7 heteroatoms. The number of esters is 1. The highest BCUT2D eigenvalue weighted by atomic mass is 79.9. The van der Waals surface area contributed by atoms with Crippen molar-refractivity contribution in [1.82, 2.24) is 5.32 Å². The molecule has 1 heterocycles. The van der Waals surface area contributed by atoms with Crippen LogP contribution in [0.1, 0.15) is 49.4 Å². The van der Waals surface area contributed by atoms with Gasteiger partial charge in [-0.05, 0) is 37.5 Å². The molecule has 0 spiro atoms. The molecule has 0 radical (unpaired) electrons. The number of benzene rings is 1. The van der Waals surface area contributed by atoms with E-state index in [2.05, 4.69) is 26.6 Å². The van der Waals surface area contributed by atoms with Gasteiger partial charge in [0.2, 0.25) is 5.91 Å². The van der Waals surface area contributed by atoms with Crippen molar-refractivity contribution in [2.45, 2.75) is 45.1 Å². The molecule has 1 aromatic carbocycles. The van der Waals surface area contributed by atoms with Gasteiger partial charge < -0.3 is 15.4 Å². The molecule has 2 aromatic rings. The van der Waals surface area contributed by atoms with Gasteiger partial charge in [-0.3, -0.25) is 4.79 Å². The van der Waals surface area contributed by atoms with Crippen LogP contribution >= 0.6 is 27.3 Å². The summed E-state index contributed by atoms with van der Waals surface area (Å²) in [5, 5.41) is 8.65. The Hall–Kier alpha value is -1.70. The van der Waals surface area contributed by atoms with Gasteiger partial charge in [0.1, 0.15) is 10.6 Å². The van der Waals surface area contributed by atoms with Crippen molar-refractivity contribution in [2.75, 3.05) is 18.5 Å². The maximum Gasteiger partial charge on any atom is 0.341 e. The van der Waals surface area contributed by atoms with Gasteiger partial charge in [-0.2, -0.15) is 0 Å². The minimum atomic E-state index is -0.419. The Bertz CT molecular complexity index is 814.